The molecule has 4 saturated heterocycles. The number of piperidine rings is 1. The number of carbonyl (C=O) groups is 1. The van der Waals surface area contributed by atoms with Gasteiger partial charge >= 0.3 is 12.1 Å². The highest BCUT2D eigenvalue weighted by Gasteiger charge is 2.68. The number of pyridine rings is 1. The Morgan fingerprint density at radius 1 is 1.13 bits per heavy atom. The maximum absolute atomic E-state index is 13.5. The lowest BCUT2D eigenvalue weighted by Gasteiger charge is -2.40. The first-order chi connectivity index (χ1) is 18.1. The zero-order valence-corrected chi connectivity index (χ0v) is 20.0. The van der Waals surface area contributed by atoms with Gasteiger partial charge in [0.15, 0.2) is 0 Å². The predicted molar refractivity (Wildman–Crippen MR) is 126 cm³/mol. The molecule has 1 aromatic heterocycles. The molecule has 5 heterocycles. The first-order valence-corrected chi connectivity index (χ1v) is 12.1. The van der Waals surface area contributed by atoms with E-state index in [-0.39, 0.29) is 12.1 Å². The van der Waals surface area contributed by atoms with E-state index in [0.717, 1.165) is 12.1 Å². The molecule has 2 unspecified atom stereocenters. The smallest absolute Gasteiger partial charge is 0.416 e. The summed E-state index contributed by atoms with van der Waals surface area (Å²) in [4.78, 5) is 17.4. The fourth-order valence-corrected chi connectivity index (χ4v) is 5.54. The molecule has 0 amide bonds. The van der Waals surface area contributed by atoms with E-state index in [0.29, 0.717) is 48.2 Å². The fraction of sp³-hybridized carbons (Fsp3) is 0.333. The van der Waals surface area contributed by atoms with Gasteiger partial charge < -0.3 is 14.6 Å². The molecule has 7 rings (SSSR count). The van der Waals surface area contributed by atoms with E-state index in [1.807, 2.05) is 4.90 Å². The summed E-state index contributed by atoms with van der Waals surface area (Å²) in [6.45, 7) is 1.30. The molecular formula is C27H23F4N3O4. The number of hydrogen-bond donors (Lipinski definition) is 2. The van der Waals surface area contributed by atoms with Crippen molar-refractivity contribution in [1.29, 1.82) is 0 Å². The van der Waals surface area contributed by atoms with E-state index in [2.05, 4.69) is 10.3 Å². The van der Waals surface area contributed by atoms with Crippen LogP contribution < -0.4 is 5.32 Å². The maximum atomic E-state index is 13.5. The van der Waals surface area contributed by atoms with Crippen LogP contribution in [0.3, 0.4) is 0 Å². The van der Waals surface area contributed by atoms with Crippen LogP contribution in [0.4, 0.5) is 17.6 Å². The van der Waals surface area contributed by atoms with Crippen LogP contribution >= 0.6 is 0 Å². The molecule has 11 heteroatoms. The maximum Gasteiger partial charge on any atom is 0.416 e. The molecule has 4 aliphatic heterocycles. The number of alkyl halides is 3. The minimum absolute atomic E-state index is 0.0836. The molecule has 0 radical (unpaired) electrons. The third-order valence-electron chi connectivity index (χ3n) is 7.51. The average molecular weight is 529 g/mol. The zero-order chi connectivity index (χ0) is 26.7. The number of hydrogen-bond acceptors (Lipinski definition) is 6. The summed E-state index contributed by atoms with van der Waals surface area (Å²) >= 11 is 0. The van der Waals surface area contributed by atoms with E-state index < -0.39 is 41.4 Å². The number of benzene rings is 2. The number of carboxylic acid groups (broad SMARTS) is 1. The quantitative estimate of drug-likeness (QED) is 0.365. The van der Waals surface area contributed by atoms with Gasteiger partial charge in [-0.15, -0.1) is 0 Å². The lowest BCUT2D eigenvalue weighted by molar-refractivity contribution is -0.285. The van der Waals surface area contributed by atoms with E-state index in [1.165, 1.54) is 30.5 Å². The molecule has 198 valence electrons. The van der Waals surface area contributed by atoms with Crippen LogP contribution in [0.5, 0.6) is 0 Å². The zero-order valence-electron chi connectivity index (χ0n) is 20.0. The topological polar surface area (TPSA) is 83.9 Å². The molecule has 4 fully saturated rings. The molecule has 2 bridgehead atoms. The first kappa shape index (κ1) is 24.9. The summed E-state index contributed by atoms with van der Waals surface area (Å²) < 4.78 is 66.2. The third-order valence-corrected chi connectivity index (χ3v) is 7.51. The second-order valence-corrected chi connectivity index (χ2v) is 9.79. The fourth-order valence-electron chi connectivity index (χ4n) is 5.54. The Labute approximate surface area is 215 Å². The Morgan fingerprint density at radius 3 is 2.53 bits per heavy atom. The van der Waals surface area contributed by atoms with Crippen LogP contribution in [-0.4, -0.2) is 45.9 Å². The summed E-state index contributed by atoms with van der Waals surface area (Å²) in [5, 5.41) is 12.8. The summed E-state index contributed by atoms with van der Waals surface area (Å²) in [5.74, 6) is -3.08. The minimum Gasteiger partial charge on any atom is -0.478 e. The van der Waals surface area contributed by atoms with Gasteiger partial charge in [0.1, 0.15) is 11.8 Å². The number of aromatic carboxylic acids is 1. The van der Waals surface area contributed by atoms with Gasteiger partial charge in [0.2, 0.25) is 5.95 Å². The standard InChI is InChI=1S/C27H23F4N3O4/c28-22-8-5-16(14-32-22)19-7-6-18(26(29,30)31)13-17(19)15-34-11-9-25(10-12-34)24-33-27(37-24,38-25)21-4-2-1-3-20(21)23(35)36/h1-8,13-14,24,33H,9-12,15H2,(H,35,36). The van der Waals surface area contributed by atoms with Crippen LogP contribution in [0.1, 0.15) is 39.9 Å². The number of carboxylic acids is 1. The summed E-state index contributed by atoms with van der Waals surface area (Å²) in [6, 6.07) is 12.7. The highest BCUT2D eigenvalue weighted by Crippen LogP contribution is 2.54. The van der Waals surface area contributed by atoms with Crippen LogP contribution in [0.25, 0.3) is 11.1 Å². The Morgan fingerprint density at radius 2 is 1.87 bits per heavy atom. The minimum atomic E-state index is -4.50. The van der Waals surface area contributed by atoms with Gasteiger partial charge in [-0.2, -0.15) is 17.6 Å². The van der Waals surface area contributed by atoms with E-state index in [1.54, 1.807) is 18.2 Å². The molecule has 2 aromatic carbocycles. The van der Waals surface area contributed by atoms with Gasteiger partial charge in [0, 0.05) is 37.0 Å². The number of nitrogens with one attached hydrogen (secondary N) is 1. The van der Waals surface area contributed by atoms with Crippen molar-refractivity contribution in [3.8, 4) is 11.1 Å². The van der Waals surface area contributed by atoms with Crippen LogP contribution in [0, 0.1) is 5.95 Å². The number of aromatic nitrogens is 1. The Balaban J connectivity index is 1.21. The van der Waals surface area contributed by atoms with Gasteiger partial charge in [0.25, 0.3) is 5.91 Å². The molecule has 2 N–H and O–H groups in total. The Hall–Kier alpha value is -3.38. The lowest BCUT2D eigenvalue weighted by Crippen LogP contribution is -2.61. The van der Waals surface area contributed by atoms with E-state index in [9.17, 15) is 27.5 Å². The third kappa shape index (κ3) is 4.15. The summed E-state index contributed by atoms with van der Waals surface area (Å²) in [6.07, 6.45) is -2.53. The molecular weight excluding hydrogens is 506 g/mol. The summed E-state index contributed by atoms with van der Waals surface area (Å²) in [7, 11) is 0. The molecule has 1 spiro atoms. The molecule has 38 heavy (non-hydrogen) atoms. The van der Waals surface area contributed by atoms with Crippen molar-refractivity contribution < 1.29 is 36.9 Å². The van der Waals surface area contributed by atoms with Crippen LogP contribution in [0.15, 0.2) is 60.8 Å². The molecule has 7 nitrogen and oxygen atoms in total. The Bertz CT molecular complexity index is 1380. The number of likely N-dealkylation sites (tertiary alicyclic amines) is 1. The van der Waals surface area contributed by atoms with Crippen molar-refractivity contribution in [3.05, 3.63) is 89.0 Å². The normalized spacial score (nSPS) is 24.4. The van der Waals surface area contributed by atoms with Crippen molar-refractivity contribution in [3.63, 3.8) is 0 Å². The van der Waals surface area contributed by atoms with E-state index in [4.69, 9.17) is 9.47 Å². The largest absolute Gasteiger partial charge is 0.478 e. The predicted octanol–water partition coefficient (Wildman–Crippen LogP) is 4.73. The Kier molecular flexibility index (Phi) is 5.80. The van der Waals surface area contributed by atoms with Crippen LogP contribution in [0.2, 0.25) is 0 Å². The van der Waals surface area contributed by atoms with Crippen molar-refractivity contribution in [1.82, 2.24) is 15.2 Å². The number of ether oxygens (including phenoxy) is 2. The van der Waals surface area contributed by atoms with Gasteiger partial charge in [0.05, 0.1) is 11.1 Å². The summed E-state index contributed by atoms with van der Waals surface area (Å²) in [5.41, 5.74) is 0.586. The van der Waals surface area contributed by atoms with Crippen LogP contribution in [-0.2, 0) is 28.1 Å². The molecule has 0 aliphatic carbocycles. The number of rotatable bonds is 5. The average Bonchev–Trinajstić information content (AvgIpc) is 3.35. The highest BCUT2D eigenvalue weighted by atomic mass is 19.4. The van der Waals surface area contributed by atoms with Gasteiger partial charge in [-0.1, -0.05) is 24.3 Å². The number of nitrogens with zero attached hydrogens (tertiary/aromatic N) is 2. The van der Waals surface area contributed by atoms with Gasteiger partial charge in [-0.05, 0) is 54.3 Å². The van der Waals surface area contributed by atoms with Crippen molar-refractivity contribution >= 4 is 5.97 Å². The van der Waals surface area contributed by atoms with Gasteiger partial charge in [-0.3, -0.25) is 4.90 Å². The van der Waals surface area contributed by atoms with Gasteiger partial charge in [-0.25, -0.2) is 15.1 Å². The SMILES string of the molecule is O=C(O)c1ccccc1C12NC(O1)C1(CCN(Cc3cc(C(F)(F)F)ccc3-c3ccc(F)nc3)CC1)O2. The van der Waals surface area contributed by atoms with Crippen molar-refractivity contribution in [2.24, 2.45) is 0 Å². The number of halogens is 4. The first-order valence-electron chi connectivity index (χ1n) is 12.1. The highest BCUT2D eigenvalue weighted by molar-refractivity contribution is 5.89. The molecule has 3 aromatic rings. The van der Waals surface area contributed by atoms with Crippen molar-refractivity contribution in [2.45, 2.75) is 43.3 Å². The monoisotopic (exact) mass is 529 g/mol. The molecule has 0 saturated carbocycles. The second kappa shape index (κ2) is 8.84. The molecule has 2 atom stereocenters. The molecule has 4 aliphatic rings. The second-order valence-electron chi connectivity index (χ2n) is 9.79. The van der Waals surface area contributed by atoms with E-state index >= 15 is 0 Å². The lowest BCUT2D eigenvalue weighted by atomic mass is 9.89. The van der Waals surface area contributed by atoms with Crippen molar-refractivity contribution in [2.75, 3.05) is 13.1 Å².